The van der Waals surface area contributed by atoms with Crippen LogP contribution in [0.3, 0.4) is 0 Å². The molecule has 0 aliphatic carbocycles. The van der Waals surface area contributed by atoms with Gasteiger partial charge in [-0.25, -0.2) is 4.68 Å². The van der Waals surface area contributed by atoms with Crippen LogP contribution >= 0.6 is 11.8 Å². The van der Waals surface area contributed by atoms with Crippen LogP contribution in [-0.4, -0.2) is 44.3 Å². The van der Waals surface area contributed by atoms with Crippen molar-refractivity contribution >= 4 is 11.8 Å². The minimum absolute atomic E-state index is 0.0981. The van der Waals surface area contributed by atoms with Gasteiger partial charge >= 0.3 is 0 Å². The smallest absolute Gasteiger partial charge is 0.0964 e. The second-order valence-corrected chi connectivity index (χ2v) is 5.36. The van der Waals surface area contributed by atoms with Crippen molar-refractivity contribution < 1.29 is 5.11 Å². The van der Waals surface area contributed by atoms with Crippen LogP contribution in [0.15, 0.2) is 6.20 Å². The first kappa shape index (κ1) is 14.5. The quantitative estimate of drug-likeness (QED) is 0.644. The number of aliphatic hydroxyl groups excluding tert-OH is 1. The van der Waals surface area contributed by atoms with Crippen LogP contribution in [0.5, 0.6) is 0 Å². The Kier molecular flexibility index (Phi) is 7.23. The van der Waals surface area contributed by atoms with Crippen LogP contribution in [0.2, 0.25) is 0 Å². The lowest BCUT2D eigenvalue weighted by Gasteiger charge is -2.11. The molecule has 1 unspecified atom stereocenters. The monoisotopic (exact) mass is 258 g/mol. The van der Waals surface area contributed by atoms with Gasteiger partial charge in [0.2, 0.25) is 0 Å². The van der Waals surface area contributed by atoms with E-state index in [1.807, 2.05) is 18.0 Å². The number of hydrogen-bond donors (Lipinski definition) is 2. The molecule has 0 fully saturated rings. The molecule has 1 aromatic heterocycles. The van der Waals surface area contributed by atoms with E-state index in [9.17, 15) is 0 Å². The minimum atomic E-state index is 0.0981. The number of thioether (sulfide) groups is 1. The van der Waals surface area contributed by atoms with Crippen LogP contribution in [0.25, 0.3) is 0 Å². The number of hydrogen-bond acceptors (Lipinski definition) is 5. The molecule has 17 heavy (non-hydrogen) atoms. The predicted octanol–water partition coefficient (Wildman–Crippen LogP) is 0.892. The van der Waals surface area contributed by atoms with E-state index < -0.39 is 0 Å². The lowest BCUT2D eigenvalue weighted by Crippen LogP contribution is -2.26. The first-order valence-corrected chi connectivity index (χ1v) is 7.22. The Balaban J connectivity index is 2.19. The second kappa shape index (κ2) is 8.49. The molecule has 0 saturated carbocycles. The molecule has 6 heteroatoms. The van der Waals surface area contributed by atoms with Crippen molar-refractivity contribution in [3.63, 3.8) is 0 Å². The molecule has 0 bridgehead atoms. The first-order valence-electron chi connectivity index (χ1n) is 6.07. The van der Waals surface area contributed by atoms with Gasteiger partial charge in [-0.1, -0.05) is 12.1 Å². The molecule has 2 N–H and O–H groups in total. The van der Waals surface area contributed by atoms with E-state index in [2.05, 4.69) is 29.5 Å². The van der Waals surface area contributed by atoms with Crippen LogP contribution in [0.1, 0.15) is 26.0 Å². The summed E-state index contributed by atoms with van der Waals surface area (Å²) in [6.45, 7) is 5.72. The third-order valence-electron chi connectivity index (χ3n) is 2.45. The Morgan fingerprint density at radius 2 is 2.41 bits per heavy atom. The van der Waals surface area contributed by atoms with Crippen molar-refractivity contribution in [1.82, 2.24) is 20.3 Å². The van der Waals surface area contributed by atoms with Gasteiger partial charge in [0.1, 0.15) is 0 Å². The molecule has 0 aromatic carbocycles. The molecule has 0 spiro atoms. The first-order chi connectivity index (χ1) is 8.26. The number of nitrogens with zero attached hydrogens (tertiary/aromatic N) is 3. The second-order valence-electron chi connectivity index (χ2n) is 3.96. The summed E-state index contributed by atoms with van der Waals surface area (Å²) in [6.07, 6.45) is 3.04. The molecule has 1 aromatic rings. The van der Waals surface area contributed by atoms with Crippen LogP contribution in [-0.2, 0) is 13.1 Å². The van der Waals surface area contributed by atoms with E-state index >= 15 is 0 Å². The molecule has 1 atom stereocenters. The lowest BCUT2D eigenvalue weighted by atomic mass is 10.2. The van der Waals surface area contributed by atoms with Crippen molar-refractivity contribution in [2.24, 2.45) is 0 Å². The van der Waals surface area contributed by atoms with Crippen molar-refractivity contribution in [2.75, 3.05) is 18.1 Å². The Hall–Kier alpha value is -0.590. The highest BCUT2D eigenvalue weighted by Gasteiger charge is 2.04. The summed E-state index contributed by atoms with van der Waals surface area (Å²) < 4.78 is 1.66. The van der Waals surface area contributed by atoms with E-state index in [1.54, 1.807) is 4.68 Å². The van der Waals surface area contributed by atoms with E-state index in [4.69, 9.17) is 5.11 Å². The third kappa shape index (κ3) is 6.05. The molecule has 0 radical (unpaired) electrons. The molecular weight excluding hydrogens is 236 g/mol. The molecule has 98 valence electrons. The fraction of sp³-hybridized carbons (Fsp3) is 0.818. The van der Waals surface area contributed by atoms with E-state index in [-0.39, 0.29) is 6.61 Å². The van der Waals surface area contributed by atoms with E-state index in [0.717, 1.165) is 12.2 Å². The van der Waals surface area contributed by atoms with Crippen LogP contribution in [0, 0.1) is 0 Å². The molecule has 1 rings (SSSR count). The minimum Gasteiger partial charge on any atom is -0.394 e. The highest BCUT2D eigenvalue weighted by molar-refractivity contribution is 7.99. The molecule has 0 aliphatic heterocycles. The Morgan fingerprint density at radius 1 is 1.59 bits per heavy atom. The van der Waals surface area contributed by atoms with E-state index in [0.29, 0.717) is 12.6 Å². The summed E-state index contributed by atoms with van der Waals surface area (Å²) in [5, 5.41) is 20.1. The molecule has 0 saturated heterocycles. The fourth-order valence-electron chi connectivity index (χ4n) is 1.42. The van der Waals surface area contributed by atoms with Crippen molar-refractivity contribution in [3.8, 4) is 0 Å². The van der Waals surface area contributed by atoms with Crippen LogP contribution in [0.4, 0.5) is 0 Å². The zero-order valence-electron chi connectivity index (χ0n) is 10.6. The maximum atomic E-state index is 8.76. The maximum Gasteiger partial charge on any atom is 0.0964 e. The van der Waals surface area contributed by atoms with Gasteiger partial charge in [-0.05, 0) is 24.9 Å². The summed E-state index contributed by atoms with van der Waals surface area (Å²) in [4.78, 5) is 0. The highest BCUT2D eigenvalue weighted by Crippen LogP contribution is 2.04. The summed E-state index contributed by atoms with van der Waals surface area (Å²) in [5.41, 5.74) is 0.924. The Bertz CT molecular complexity index is 305. The van der Waals surface area contributed by atoms with Gasteiger partial charge in [0.15, 0.2) is 0 Å². The van der Waals surface area contributed by atoms with E-state index in [1.165, 1.54) is 17.9 Å². The number of aromatic nitrogens is 3. The molecule has 1 heterocycles. The number of nitrogens with one attached hydrogen (secondary N) is 1. The summed E-state index contributed by atoms with van der Waals surface area (Å²) in [6, 6.07) is 0.497. The normalized spacial score (nSPS) is 12.9. The highest BCUT2D eigenvalue weighted by atomic mass is 32.2. The number of rotatable bonds is 9. The van der Waals surface area contributed by atoms with Gasteiger partial charge in [-0.3, -0.25) is 0 Å². The molecular formula is C11H22N4OS. The predicted molar refractivity (Wildman–Crippen MR) is 71.0 cm³/mol. The SMILES string of the molecule is CCSCCC(C)NCc1cn(CCO)nn1. The molecule has 0 aliphatic rings. The van der Waals surface area contributed by atoms with Crippen molar-refractivity contribution in [3.05, 3.63) is 11.9 Å². The zero-order chi connectivity index (χ0) is 12.5. The topological polar surface area (TPSA) is 63.0 Å². The average molecular weight is 258 g/mol. The summed E-state index contributed by atoms with van der Waals surface area (Å²) >= 11 is 1.97. The third-order valence-corrected chi connectivity index (χ3v) is 3.38. The summed E-state index contributed by atoms with van der Waals surface area (Å²) in [5.74, 6) is 2.38. The Labute approximate surface area is 107 Å². The van der Waals surface area contributed by atoms with Gasteiger partial charge < -0.3 is 10.4 Å². The molecule has 5 nitrogen and oxygen atoms in total. The standard InChI is InChI=1S/C11H22N4OS/c1-3-17-7-4-10(2)12-8-11-9-15(5-6-16)14-13-11/h9-10,12,16H,3-8H2,1-2H3. The average Bonchev–Trinajstić information content (AvgIpc) is 2.75. The molecule has 0 amide bonds. The largest absolute Gasteiger partial charge is 0.394 e. The fourth-order valence-corrected chi connectivity index (χ4v) is 2.23. The Morgan fingerprint density at radius 3 is 3.12 bits per heavy atom. The van der Waals surface area contributed by atoms with Gasteiger partial charge in [0.25, 0.3) is 0 Å². The van der Waals surface area contributed by atoms with Gasteiger partial charge in [-0.2, -0.15) is 11.8 Å². The zero-order valence-corrected chi connectivity index (χ0v) is 11.4. The van der Waals surface area contributed by atoms with Gasteiger partial charge in [0.05, 0.1) is 18.8 Å². The maximum absolute atomic E-state index is 8.76. The van der Waals surface area contributed by atoms with Crippen LogP contribution < -0.4 is 5.32 Å². The van der Waals surface area contributed by atoms with Gasteiger partial charge in [-0.15, -0.1) is 5.10 Å². The number of aliphatic hydroxyl groups is 1. The lowest BCUT2D eigenvalue weighted by molar-refractivity contribution is 0.268. The van der Waals surface area contributed by atoms with Gasteiger partial charge in [0, 0.05) is 18.8 Å². The summed E-state index contributed by atoms with van der Waals surface area (Å²) in [7, 11) is 0. The van der Waals surface area contributed by atoms with Crippen molar-refractivity contribution in [2.45, 2.75) is 39.4 Å². The van der Waals surface area contributed by atoms with Crippen molar-refractivity contribution in [1.29, 1.82) is 0 Å².